The number of hydrogen-bond donors (Lipinski definition) is 0. The highest BCUT2D eigenvalue weighted by molar-refractivity contribution is 9.28. The third-order valence-corrected chi connectivity index (χ3v) is 2.49. The van der Waals surface area contributed by atoms with Crippen LogP contribution in [0.1, 0.15) is 0 Å². The Morgan fingerprint density at radius 3 is 2.41 bits per heavy atom. The quantitative estimate of drug-likeness (QED) is 0.418. The zero-order chi connectivity index (χ0) is 13.2. The summed E-state index contributed by atoms with van der Waals surface area (Å²) < 4.78 is 37.7. The molecule has 17 heavy (non-hydrogen) atoms. The predicted octanol–water partition coefficient (Wildman–Crippen LogP) is 3.96. The summed E-state index contributed by atoms with van der Waals surface area (Å²) in [6.07, 6.45) is -2.70. The molecule has 1 aliphatic carbocycles. The van der Waals surface area contributed by atoms with Crippen molar-refractivity contribution in [3.05, 3.63) is 54.0 Å². The first-order valence-electron chi connectivity index (χ1n) is 3.94. The highest BCUT2D eigenvalue weighted by atomic mass is 79.9. The van der Waals surface area contributed by atoms with E-state index in [0.717, 1.165) is 12.2 Å². The average Bonchev–Trinajstić information content (AvgIpc) is 2.15. The lowest BCUT2D eigenvalue weighted by molar-refractivity contribution is -0.420. The molecule has 1 aliphatic rings. The molecule has 1 rings (SSSR count). The SMILES string of the molecule is O=[N+]([O-])C1=CC=C=C=C1C(=C(Br)Br)C(F)(F)F. The van der Waals surface area contributed by atoms with Crippen molar-refractivity contribution in [1.82, 2.24) is 0 Å². The molecular weight excluding hydrogens is 371 g/mol. The second-order valence-electron chi connectivity index (χ2n) is 2.75. The summed E-state index contributed by atoms with van der Waals surface area (Å²) in [7, 11) is 0. The van der Waals surface area contributed by atoms with E-state index in [1.54, 1.807) is 0 Å². The lowest BCUT2D eigenvalue weighted by Gasteiger charge is -2.12. The Labute approximate surface area is 110 Å². The maximum Gasteiger partial charge on any atom is 0.419 e. The van der Waals surface area contributed by atoms with E-state index in [-0.39, 0.29) is 0 Å². The van der Waals surface area contributed by atoms with Gasteiger partial charge in [0.05, 0.1) is 13.9 Å². The largest absolute Gasteiger partial charge is 0.419 e. The van der Waals surface area contributed by atoms with E-state index in [0.29, 0.717) is 0 Å². The molecule has 0 aromatic carbocycles. The molecule has 0 heterocycles. The Bertz CT molecular complexity index is 529. The fraction of sp³-hybridized carbons (Fsp3) is 0.111. The minimum atomic E-state index is -4.75. The van der Waals surface area contributed by atoms with E-state index in [1.807, 2.05) is 0 Å². The standard InChI is InChI=1S/C9H2Br2F3NO2/c10-8(11)7(9(12,13)14)5-3-1-2-4-6(5)15(16)17/h2,4H. The molecule has 8 heteroatoms. The Morgan fingerprint density at radius 1 is 1.41 bits per heavy atom. The van der Waals surface area contributed by atoms with Crippen LogP contribution in [0.25, 0.3) is 0 Å². The van der Waals surface area contributed by atoms with Gasteiger partial charge in [0.2, 0.25) is 0 Å². The molecule has 0 saturated heterocycles. The van der Waals surface area contributed by atoms with Crippen LogP contribution in [0.3, 0.4) is 0 Å². The molecule has 0 radical (unpaired) electrons. The van der Waals surface area contributed by atoms with Crippen molar-refractivity contribution < 1.29 is 18.1 Å². The number of hydrogen-bond acceptors (Lipinski definition) is 2. The van der Waals surface area contributed by atoms with Crippen molar-refractivity contribution in [1.29, 1.82) is 0 Å². The van der Waals surface area contributed by atoms with Gasteiger partial charge in [-0.2, -0.15) is 13.2 Å². The van der Waals surface area contributed by atoms with Gasteiger partial charge < -0.3 is 0 Å². The summed E-state index contributed by atoms with van der Waals surface area (Å²) in [6, 6.07) is 0. The first kappa shape index (κ1) is 14.0. The molecule has 0 saturated carbocycles. The van der Waals surface area contributed by atoms with Crippen molar-refractivity contribution in [2.45, 2.75) is 6.18 Å². The smallest absolute Gasteiger partial charge is 0.258 e. The van der Waals surface area contributed by atoms with Crippen LogP contribution < -0.4 is 0 Å². The van der Waals surface area contributed by atoms with E-state index in [4.69, 9.17) is 0 Å². The van der Waals surface area contributed by atoms with Gasteiger partial charge >= 0.3 is 6.18 Å². The molecule has 90 valence electrons. The van der Waals surface area contributed by atoms with Gasteiger partial charge in [0, 0.05) is 6.08 Å². The van der Waals surface area contributed by atoms with Crippen LogP contribution in [-0.2, 0) is 0 Å². The summed E-state index contributed by atoms with van der Waals surface area (Å²) in [5, 5.41) is 10.6. The molecule has 0 N–H and O–H groups in total. The first-order valence-corrected chi connectivity index (χ1v) is 5.53. The maximum absolute atomic E-state index is 12.7. The van der Waals surface area contributed by atoms with Crippen LogP contribution in [0.5, 0.6) is 0 Å². The lowest BCUT2D eigenvalue weighted by atomic mass is 10.0. The van der Waals surface area contributed by atoms with Gasteiger partial charge in [-0.3, -0.25) is 10.1 Å². The minimum Gasteiger partial charge on any atom is -0.258 e. The van der Waals surface area contributed by atoms with Crippen LogP contribution >= 0.6 is 31.9 Å². The van der Waals surface area contributed by atoms with E-state index in [9.17, 15) is 23.3 Å². The summed E-state index contributed by atoms with van der Waals surface area (Å²) in [4.78, 5) is 9.72. The highest BCUT2D eigenvalue weighted by Crippen LogP contribution is 2.40. The molecule has 0 fully saturated rings. The van der Waals surface area contributed by atoms with Gasteiger partial charge in [-0.1, -0.05) is 11.5 Å². The fourth-order valence-electron chi connectivity index (χ4n) is 1.07. The highest BCUT2D eigenvalue weighted by Gasteiger charge is 2.42. The second-order valence-corrected chi connectivity index (χ2v) is 5.40. The van der Waals surface area contributed by atoms with Crippen molar-refractivity contribution in [3.63, 3.8) is 0 Å². The Morgan fingerprint density at radius 2 is 2.00 bits per heavy atom. The van der Waals surface area contributed by atoms with E-state index in [1.165, 1.54) is 0 Å². The lowest BCUT2D eigenvalue weighted by Crippen LogP contribution is -2.18. The molecular formula is C9H2Br2F3NO2. The number of rotatable bonds is 2. The van der Waals surface area contributed by atoms with Crippen LogP contribution in [0, 0.1) is 10.1 Å². The van der Waals surface area contributed by atoms with Gasteiger partial charge in [0.15, 0.2) is 0 Å². The maximum atomic E-state index is 12.7. The van der Waals surface area contributed by atoms with Crippen LogP contribution in [0.2, 0.25) is 0 Å². The predicted molar refractivity (Wildman–Crippen MR) is 61.1 cm³/mol. The van der Waals surface area contributed by atoms with Crippen molar-refractivity contribution in [2.75, 3.05) is 0 Å². The number of nitrogens with zero attached hydrogens (tertiary/aromatic N) is 1. The number of nitro groups is 1. The Hall–Kier alpha value is -1.07. The van der Waals surface area contributed by atoms with Crippen molar-refractivity contribution in [2.24, 2.45) is 0 Å². The molecule has 0 aliphatic heterocycles. The molecule has 0 aromatic heterocycles. The van der Waals surface area contributed by atoms with Gasteiger partial charge in [-0.15, -0.1) is 0 Å². The van der Waals surface area contributed by atoms with Crippen LogP contribution in [-0.4, -0.2) is 11.1 Å². The molecule has 0 atom stereocenters. The number of alkyl halides is 3. The first-order chi connectivity index (χ1) is 7.75. The topological polar surface area (TPSA) is 43.1 Å². The molecule has 0 unspecified atom stereocenters. The normalized spacial score (nSPS) is 14.2. The molecule has 0 spiro atoms. The zero-order valence-electron chi connectivity index (χ0n) is 7.81. The van der Waals surface area contributed by atoms with E-state index in [2.05, 4.69) is 43.3 Å². The number of halogens is 5. The van der Waals surface area contributed by atoms with E-state index < -0.39 is 31.3 Å². The van der Waals surface area contributed by atoms with Gasteiger partial charge in [0.1, 0.15) is 5.57 Å². The summed E-state index contributed by atoms with van der Waals surface area (Å²) in [5.74, 6) is 0. The monoisotopic (exact) mass is 371 g/mol. The van der Waals surface area contributed by atoms with Gasteiger partial charge in [0.25, 0.3) is 5.70 Å². The zero-order valence-corrected chi connectivity index (χ0v) is 11.0. The molecule has 0 bridgehead atoms. The van der Waals surface area contributed by atoms with Crippen LogP contribution in [0.15, 0.2) is 43.8 Å². The Balaban J connectivity index is 3.47. The van der Waals surface area contributed by atoms with Gasteiger partial charge in [-0.25, -0.2) is 0 Å². The van der Waals surface area contributed by atoms with Crippen molar-refractivity contribution in [3.8, 4) is 0 Å². The molecule has 3 nitrogen and oxygen atoms in total. The van der Waals surface area contributed by atoms with Crippen molar-refractivity contribution >= 4 is 31.9 Å². The average molecular weight is 373 g/mol. The number of allylic oxidation sites excluding steroid dienone is 3. The van der Waals surface area contributed by atoms with Crippen LogP contribution in [0.4, 0.5) is 13.2 Å². The summed E-state index contributed by atoms with van der Waals surface area (Å²) in [5.41, 5.74) is 1.79. The molecule has 0 amide bonds. The third kappa shape index (κ3) is 3.20. The van der Waals surface area contributed by atoms with E-state index >= 15 is 0 Å². The summed E-state index contributed by atoms with van der Waals surface area (Å²) in [6.45, 7) is 0. The molecule has 0 aromatic rings. The third-order valence-electron chi connectivity index (χ3n) is 1.70. The van der Waals surface area contributed by atoms with Gasteiger partial charge in [-0.05, 0) is 37.9 Å². The Kier molecular flexibility index (Phi) is 4.16. The fourth-order valence-corrected chi connectivity index (χ4v) is 1.91. The summed E-state index contributed by atoms with van der Waals surface area (Å²) >= 11 is 5.23. The second kappa shape index (κ2) is 5.06. The minimum absolute atomic E-state index is 0.434.